The highest BCUT2D eigenvalue weighted by atomic mass is 79.9. The fraction of sp³-hybridized carbons (Fsp3) is 0.188. The summed E-state index contributed by atoms with van der Waals surface area (Å²) in [5.41, 5.74) is 1.66. The van der Waals surface area contributed by atoms with E-state index in [0.717, 1.165) is 15.6 Å². The molecule has 2 aromatic rings. The van der Waals surface area contributed by atoms with Crippen LogP contribution in [0, 0.1) is 6.92 Å². The van der Waals surface area contributed by atoms with Gasteiger partial charge in [0.15, 0.2) is 0 Å². The summed E-state index contributed by atoms with van der Waals surface area (Å²) in [7, 11) is 0. The second-order valence-corrected chi connectivity index (χ2v) is 5.94. The Balaban J connectivity index is 1.98. The van der Waals surface area contributed by atoms with Gasteiger partial charge in [-0.2, -0.15) is 0 Å². The van der Waals surface area contributed by atoms with Gasteiger partial charge in [-0.3, -0.25) is 9.59 Å². The van der Waals surface area contributed by atoms with Crippen LogP contribution in [0.25, 0.3) is 0 Å². The number of hydrogen-bond acceptors (Lipinski definition) is 3. The lowest BCUT2D eigenvalue weighted by molar-refractivity contribution is -0.121. The molecule has 2 amide bonds. The van der Waals surface area contributed by atoms with Crippen molar-refractivity contribution >= 4 is 33.6 Å². The lowest BCUT2D eigenvalue weighted by Crippen LogP contribution is -2.31. The van der Waals surface area contributed by atoms with Crippen molar-refractivity contribution in [1.82, 2.24) is 4.98 Å². The molecule has 1 aromatic carbocycles. The Hall–Kier alpha value is -2.01. The Morgan fingerprint density at radius 1 is 1.24 bits per heavy atom. The van der Waals surface area contributed by atoms with E-state index in [1.54, 1.807) is 12.3 Å². The molecule has 1 fully saturated rings. The summed E-state index contributed by atoms with van der Waals surface area (Å²) in [4.78, 5) is 30.3. The lowest BCUT2D eigenvalue weighted by atomic mass is 9.98. The molecule has 1 aromatic heterocycles. The Morgan fingerprint density at radius 3 is 2.76 bits per heavy atom. The molecule has 0 aliphatic carbocycles. The highest BCUT2D eigenvalue weighted by molar-refractivity contribution is 9.10. The zero-order valence-corrected chi connectivity index (χ0v) is 13.0. The summed E-state index contributed by atoms with van der Waals surface area (Å²) in [6.07, 6.45) is 1.78. The van der Waals surface area contributed by atoms with Gasteiger partial charge in [-0.15, -0.1) is 0 Å². The van der Waals surface area contributed by atoms with Crippen molar-refractivity contribution in [2.75, 3.05) is 4.90 Å². The van der Waals surface area contributed by atoms with Crippen LogP contribution in [0.4, 0.5) is 5.82 Å². The van der Waals surface area contributed by atoms with Gasteiger partial charge in [0.1, 0.15) is 5.82 Å². The van der Waals surface area contributed by atoms with Crippen LogP contribution in [0.3, 0.4) is 0 Å². The standard InChI is InChI=1S/C16H13BrN2O2/c1-10-4-3-7-18-15(10)19-14(20)9-13(16(19)21)11-5-2-6-12(17)8-11/h2-8,13H,9H2,1H3/t13-/m1/s1. The molecular weight excluding hydrogens is 332 g/mol. The minimum Gasteiger partial charge on any atom is -0.274 e. The lowest BCUT2D eigenvalue weighted by Gasteiger charge is -2.16. The van der Waals surface area contributed by atoms with E-state index in [-0.39, 0.29) is 18.2 Å². The first-order valence-electron chi connectivity index (χ1n) is 6.62. The number of nitrogens with zero attached hydrogens (tertiary/aromatic N) is 2. The first-order chi connectivity index (χ1) is 10.1. The maximum atomic E-state index is 12.6. The number of imide groups is 1. The molecule has 0 saturated carbocycles. The van der Waals surface area contributed by atoms with Crippen molar-refractivity contribution in [3.63, 3.8) is 0 Å². The molecule has 21 heavy (non-hydrogen) atoms. The number of hydrogen-bond donors (Lipinski definition) is 0. The summed E-state index contributed by atoms with van der Waals surface area (Å²) in [6.45, 7) is 1.84. The molecule has 3 rings (SSSR count). The van der Waals surface area contributed by atoms with Crippen LogP contribution in [-0.2, 0) is 9.59 Å². The van der Waals surface area contributed by atoms with Gasteiger partial charge in [-0.05, 0) is 36.2 Å². The molecule has 1 saturated heterocycles. The molecule has 0 radical (unpaired) electrons. The van der Waals surface area contributed by atoms with Crippen LogP contribution in [-0.4, -0.2) is 16.8 Å². The minimum atomic E-state index is -0.434. The van der Waals surface area contributed by atoms with E-state index in [1.165, 1.54) is 4.90 Å². The Morgan fingerprint density at radius 2 is 2.05 bits per heavy atom. The van der Waals surface area contributed by atoms with E-state index in [0.29, 0.717) is 5.82 Å². The van der Waals surface area contributed by atoms with Gasteiger partial charge < -0.3 is 0 Å². The first kappa shape index (κ1) is 13.9. The van der Waals surface area contributed by atoms with Gasteiger partial charge >= 0.3 is 0 Å². The molecule has 0 spiro atoms. The molecule has 1 atom stereocenters. The van der Waals surface area contributed by atoms with Gasteiger partial charge in [0.2, 0.25) is 11.8 Å². The first-order valence-corrected chi connectivity index (χ1v) is 7.41. The third kappa shape index (κ3) is 2.49. The molecule has 0 bridgehead atoms. The van der Waals surface area contributed by atoms with Gasteiger partial charge in [-0.25, -0.2) is 9.88 Å². The highest BCUT2D eigenvalue weighted by Gasteiger charge is 2.41. The third-order valence-corrected chi connectivity index (χ3v) is 4.08. The zero-order valence-electron chi connectivity index (χ0n) is 11.4. The predicted octanol–water partition coefficient (Wildman–Crippen LogP) is 3.20. The van der Waals surface area contributed by atoms with E-state index in [9.17, 15) is 9.59 Å². The van der Waals surface area contributed by atoms with Crippen LogP contribution in [0.2, 0.25) is 0 Å². The van der Waals surface area contributed by atoms with Crippen molar-refractivity contribution in [2.45, 2.75) is 19.3 Å². The van der Waals surface area contributed by atoms with Gasteiger partial charge in [0, 0.05) is 17.1 Å². The maximum absolute atomic E-state index is 12.6. The van der Waals surface area contributed by atoms with Crippen molar-refractivity contribution in [2.24, 2.45) is 0 Å². The molecule has 1 aliphatic heterocycles. The SMILES string of the molecule is Cc1cccnc1N1C(=O)C[C@H](c2cccc(Br)c2)C1=O. The maximum Gasteiger partial charge on any atom is 0.243 e. The Bertz CT molecular complexity index is 730. The molecule has 106 valence electrons. The topological polar surface area (TPSA) is 50.3 Å². The average Bonchev–Trinajstić information content (AvgIpc) is 2.75. The van der Waals surface area contributed by atoms with Crippen molar-refractivity contribution in [3.8, 4) is 0 Å². The fourth-order valence-corrected chi connectivity index (χ4v) is 2.97. The second kappa shape index (κ2) is 5.41. The molecule has 5 heteroatoms. The largest absolute Gasteiger partial charge is 0.274 e. The van der Waals surface area contributed by atoms with E-state index >= 15 is 0 Å². The Kier molecular flexibility index (Phi) is 3.59. The second-order valence-electron chi connectivity index (χ2n) is 5.02. The smallest absolute Gasteiger partial charge is 0.243 e. The monoisotopic (exact) mass is 344 g/mol. The van der Waals surface area contributed by atoms with E-state index < -0.39 is 5.92 Å². The quantitative estimate of drug-likeness (QED) is 0.786. The number of aromatic nitrogens is 1. The molecule has 4 nitrogen and oxygen atoms in total. The number of aryl methyl sites for hydroxylation is 1. The number of pyridine rings is 1. The molecule has 2 heterocycles. The van der Waals surface area contributed by atoms with Crippen LogP contribution in [0.5, 0.6) is 0 Å². The third-order valence-electron chi connectivity index (χ3n) is 3.59. The number of benzene rings is 1. The number of carbonyl (C=O) groups is 2. The predicted molar refractivity (Wildman–Crippen MR) is 83.0 cm³/mol. The molecular formula is C16H13BrN2O2. The fourth-order valence-electron chi connectivity index (χ4n) is 2.55. The van der Waals surface area contributed by atoms with E-state index in [2.05, 4.69) is 20.9 Å². The van der Waals surface area contributed by atoms with E-state index in [1.807, 2.05) is 37.3 Å². The van der Waals surface area contributed by atoms with Gasteiger partial charge in [0.05, 0.1) is 5.92 Å². The summed E-state index contributed by atoms with van der Waals surface area (Å²) in [5.74, 6) is -0.409. The van der Waals surface area contributed by atoms with Crippen LogP contribution in [0.15, 0.2) is 47.1 Å². The summed E-state index contributed by atoms with van der Waals surface area (Å²) >= 11 is 3.39. The van der Waals surface area contributed by atoms with Crippen LogP contribution < -0.4 is 4.90 Å². The minimum absolute atomic E-state index is 0.186. The molecule has 1 aliphatic rings. The molecule has 0 N–H and O–H groups in total. The number of anilines is 1. The summed E-state index contributed by atoms with van der Waals surface area (Å²) in [5, 5.41) is 0. The van der Waals surface area contributed by atoms with Gasteiger partial charge in [-0.1, -0.05) is 34.1 Å². The van der Waals surface area contributed by atoms with Crippen molar-refractivity contribution < 1.29 is 9.59 Å². The van der Waals surface area contributed by atoms with Gasteiger partial charge in [0.25, 0.3) is 0 Å². The van der Waals surface area contributed by atoms with E-state index in [4.69, 9.17) is 0 Å². The number of amides is 2. The van der Waals surface area contributed by atoms with Crippen molar-refractivity contribution in [3.05, 3.63) is 58.2 Å². The zero-order chi connectivity index (χ0) is 15.0. The normalized spacial score (nSPS) is 18.4. The number of carbonyl (C=O) groups excluding carboxylic acids is 2. The highest BCUT2D eigenvalue weighted by Crippen LogP contribution is 2.34. The Labute approximate surface area is 130 Å². The van der Waals surface area contributed by atoms with Crippen molar-refractivity contribution in [1.29, 1.82) is 0 Å². The van der Waals surface area contributed by atoms with Crippen LogP contribution >= 0.6 is 15.9 Å². The summed E-state index contributed by atoms with van der Waals surface area (Å²) < 4.78 is 0.896. The average molecular weight is 345 g/mol. The summed E-state index contributed by atoms with van der Waals surface area (Å²) in [6, 6.07) is 11.1. The molecule has 0 unspecified atom stereocenters. The number of rotatable bonds is 2. The van der Waals surface area contributed by atoms with Crippen LogP contribution in [0.1, 0.15) is 23.5 Å². The number of halogens is 1.